The van der Waals surface area contributed by atoms with Gasteiger partial charge in [0.15, 0.2) is 0 Å². The van der Waals surface area contributed by atoms with E-state index in [9.17, 15) is 9.59 Å². The number of carbonyl (C=O) groups is 1. The minimum absolute atomic E-state index is 0.218. The number of carboxylic acid groups (broad SMARTS) is 1. The van der Waals surface area contributed by atoms with Gasteiger partial charge in [-0.2, -0.15) is 0 Å². The Morgan fingerprint density at radius 2 is 1.70 bits per heavy atom. The highest BCUT2D eigenvalue weighted by Gasteiger charge is 2.17. The highest BCUT2D eigenvalue weighted by molar-refractivity contribution is 5.88. The first-order chi connectivity index (χ1) is 9.31. The average Bonchev–Trinajstić information content (AvgIpc) is 2.25. The van der Waals surface area contributed by atoms with Gasteiger partial charge in [-0.1, -0.05) is 17.7 Å². The van der Waals surface area contributed by atoms with Crippen molar-refractivity contribution in [3.05, 3.63) is 50.4 Å². The maximum absolute atomic E-state index is 11.9. The molecule has 0 atom stereocenters. The molecule has 0 radical (unpaired) electrons. The number of nitrogens with zero attached hydrogens (tertiary/aromatic N) is 1. The van der Waals surface area contributed by atoms with E-state index in [1.54, 1.807) is 0 Å². The number of hydrogen-bond acceptors (Lipinski definition) is 3. The van der Waals surface area contributed by atoms with Crippen LogP contribution in [-0.2, 0) is 0 Å². The van der Waals surface area contributed by atoms with Gasteiger partial charge in [-0.3, -0.25) is 4.79 Å². The maximum Gasteiger partial charge on any atom is 0.343 e. The molecule has 0 aliphatic heterocycles. The molecule has 0 saturated carbocycles. The zero-order chi connectivity index (χ0) is 15.0. The molecule has 0 aliphatic carbocycles. The van der Waals surface area contributed by atoms with E-state index >= 15 is 0 Å². The SMILES string of the molecule is Cc1cc(C)c(-c2nc(C)c(C(=O)O)c(=O)[nH]2)c(C)c1. The van der Waals surface area contributed by atoms with Crippen LogP contribution in [0.4, 0.5) is 0 Å². The van der Waals surface area contributed by atoms with E-state index in [4.69, 9.17) is 5.11 Å². The molecule has 0 saturated heterocycles. The van der Waals surface area contributed by atoms with Crippen LogP contribution in [0.15, 0.2) is 16.9 Å². The summed E-state index contributed by atoms with van der Waals surface area (Å²) in [5, 5.41) is 8.99. The molecule has 2 aromatic rings. The number of nitrogens with one attached hydrogen (secondary N) is 1. The predicted molar refractivity (Wildman–Crippen MR) is 76.2 cm³/mol. The Labute approximate surface area is 116 Å². The summed E-state index contributed by atoms with van der Waals surface area (Å²) in [6, 6.07) is 4.01. The normalized spacial score (nSPS) is 10.6. The second-order valence-corrected chi connectivity index (χ2v) is 4.95. The lowest BCUT2D eigenvalue weighted by molar-refractivity contribution is 0.0693. The average molecular weight is 272 g/mol. The summed E-state index contributed by atoms with van der Waals surface area (Å²) in [7, 11) is 0. The van der Waals surface area contributed by atoms with Crippen LogP contribution in [0, 0.1) is 27.7 Å². The Hall–Kier alpha value is -2.43. The molecule has 0 spiro atoms. The summed E-state index contributed by atoms with van der Waals surface area (Å²) in [6.45, 7) is 7.41. The molecule has 20 heavy (non-hydrogen) atoms. The summed E-state index contributed by atoms with van der Waals surface area (Å²) in [4.78, 5) is 29.7. The number of aromatic carboxylic acids is 1. The monoisotopic (exact) mass is 272 g/mol. The van der Waals surface area contributed by atoms with Crippen molar-refractivity contribution in [1.29, 1.82) is 0 Å². The molecule has 0 bridgehead atoms. The Morgan fingerprint density at radius 1 is 1.15 bits per heavy atom. The zero-order valence-electron chi connectivity index (χ0n) is 11.9. The Bertz CT molecular complexity index is 737. The summed E-state index contributed by atoms with van der Waals surface area (Å²) in [5.41, 5.74) is 3.24. The van der Waals surface area contributed by atoms with E-state index in [1.165, 1.54) is 6.92 Å². The van der Waals surface area contributed by atoms with Crippen LogP contribution in [0.25, 0.3) is 11.4 Å². The van der Waals surface area contributed by atoms with Gasteiger partial charge in [0.1, 0.15) is 11.4 Å². The van der Waals surface area contributed by atoms with Gasteiger partial charge in [-0.15, -0.1) is 0 Å². The van der Waals surface area contributed by atoms with E-state index in [-0.39, 0.29) is 11.3 Å². The maximum atomic E-state index is 11.9. The third-order valence-electron chi connectivity index (χ3n) is 3.23. The lowest BCUT2D eigenvalue weighted by Gasteiger charge is -2.11. The van der Waals surface area contributed by atoms with E-state index in [0.717, 1.165) is 22.3 Å². The van der Waals surface area contributed by atoms with Crippen molar-refractivity contribution in [2.24, 2.45) is 0 Å². The van der Waals surface area contributed by atoms with E-state index in [0.29, 0.717) is 5.82 Å². The van der Waals surface area contributed by atoms with Crippen molar-refractivity contribution >= 4 is 5.97 Å². The fourth-order valence-corrected chi connectivity index (χ4v) is 2.51. The van der Waals surface area contributed by atoms with Crippen LogP contribution in [0.2, 0.25) is 0 Å². The Kier molecular flexibility index (Phi) is 3.44. The van der Waals surface area contributed by atoms with E-state index < -0.39 is 11.5 Å². The minimum atomic E-state index is -1.26. The Morgan fingerprint density at radius 3 is 2.15 bits per heavy atom. The summed E-state index contributed by atoms with van der Waals surface area (Å²) in [5.74, 6) is -0.854. The molecule has 1 aromatic carbocycles. The predicted octanol–water partition coefficient (Wildman–Crippen LogP) is 2.37. The number of H-pyrrole nitrogens is 1. The number of aromatic amines is 1. The first-order valence-electron chi connectivity index (χ1n) is 6.23. The van der Waals surface area contributed by atoms with Gasteiger partial charge in [-0.25, -0.2) is 9.78 Å². The highest BCUT2D eigenvalue weighted by Crippen LogP contribution is 2.25. The van der Waals surface area contributed by atoms with Gasteiger partial charge in [0.2, 0.25) is 0 Å². The van der Waals surface area contributed by atoms with Crippen LogP contribution < -0.4 is 5.56 Å². The number of rotatable bonds is 2. The number of aryl methyl sites for hydroxylation is 4. The van der Waals surface area contributed by atoms with Gasteiger partial charge in [0.25, 0.3) is 5.56 Å². The second-order valence-electron chi connectivity index (χ2n) is 4.95. The number of hydrogen-bond donors (Lipinski definition) is 2. The third kappa shape index (κ3) is 2.34. The lowest BCUT2D eigenvalue weighted by Crippen LogP contribution is -2.21. The lowest BCUT2D eigenvalue weighted by atomic mass is 9.99. The third-order valence-corrected chi connectivity index (χ3v) is 3.23. The van der Waals surface area contributed by atoms with E-state index in [2.05, 4.69) is 9.97 Å². The van der Waals surface area contributed by atoms with Crippen LogP contribution in [-0.4, -0.2) is 21.0 Å². The van der Waals surface area contributed by atoms with Gasteiger partial charge >= 0.3 is 5.97 Å². The minimum Gasteiger partial charge on any atom is -0.477 e. The molecule has 0 aliphatic rings. The largest absolute Gasteiger partial charge is 0.477 e. The number of aromatic nitrogens is 2. The molecule has 0 fully saturated rings. The van der Waals surface area contributed by atoms with Crippen molar-refractivity contribution < 1.29 is 9.90 Å². The standard InChI is InChI=1S/C15H16N2O3/c1-7-5-8(2)11(9(3)6-7)13-16-10(4)12(15(19)20)14(18)17-13/h5-6H,1-4H3,(H,19,20)(H,16,17,18). The molecule has 1 heterocycles. The molecule has 2 N–H and O–H groups in total. The van der Waals surface area contributed by atoms with Gasteiger partial charge in [0.05, 0.1) is 5.69 Å². The summed E-state index contributed by atoms with van der Waals surface area (Å²) < 4.78 is 0. The summed E-state index contributed by atoms with van der Waals surface area (Å²) >= 11 is 0. The van der Waals surface area contributed by atoms with Gasteiger partial charge in [0, 0.05) is 5.56 Å². The first-order valence-corrected chi connectivity index (χ1v) is 6.23. The van der Waals surface area contributed by atoms with Gasteiger partial charge in [-0.05, 0) is 38.8 Å². The second kappa shape index (κ2) is 4.92. The quantitative estimate of drug-likeness (QED) is 0.879. The van der Waals surface area contributed by atoms with Gasteiger partial charge < -0.3 is 10.1 Å². The molecular formula is C15H16N2O3. The zero-order valence-corrected chi connectivity index (χ0v) is 11.9. The number of carboxylic acids is 1. The highest BCUT2D eigenvalue weighted by atomic mass is 16.4. The molecule has 2 rings (SSSR count). The number of benzene rings is 1. The van der Waals surface area contributed by atoms with Crippen LogP contribution in [0.1, 0.15) is 32.7 Å². The molecular weight excluding hydrogens is 256 g/mol. The van der Waals surface area contributed by atoms with Crippen LogP contribution in [0.5, 0.6) is 0 Å². The van der Waals surface area contributed by atoms with Crippen LogP contribution in [0.3, 0.4) is 0 Å². The molecule has 0 unspecified atom stereocenters. The molecule has 0 amide bonds. The van der Waals surface area contributed by atoms with Crippen LogP contribution >= 0.6 is 0 Å². The van der Waals surface area contributed by atoms with Crippen molar-refractivity contribution in [1.82, 2.24) is 9.97 Å². The molecule has 5 nitrogen and oxygen atoms in total. The summed E-state index contributed by atoms with van der Waals surface area (Å²) in [6.07, 6.45) is 0. The topological polar surface area (TPSA) is 83.0 Å². The first kappa shape index (κ1) is 14.0. The van der Waals surface area contributed by atoms with Crippen molar-refractivity contribution in [3.63, 3.8) is 0 Å². The fraction of sp³-hybridized carbons (Fsp3) is 0.267. The van der Waals surface area contributed by atoms with Crippen molar-refractivity contribution in [2.45, 2.75) is 27.7 Å². The fourth-order valence-electron chi connectivity index (χ4n) is 2.51. The molecule has 1 aromatic heterocycles. The van der Waals surface area contributed by atoms with Crippen molar-refractivity contribution in [2.75, 3.05) is 0 Å². The molecule has 104 valence electrons. The molecule has 5 heteroatoms. The van der Waals surface area contributed by atoms with Crippen molar-refractivity contribution in [3.8, 4) is 11.4 Å². The Balaban J connectivity index is 2.73. The smallest absolute Gasteiger partial charge is 0.343 e. The van der Waals surface area contributed by atoms with E-state index in [1.807, 2.05) is 32.9 Å².